The van der Waals surface area contributed by atoms with Crippen molar-refractivity contribution < 1.29 is 27.5 Å². The Labute approximate surface area is 180 Å². The van der Waals surface area contributed by atoms with Gasteiger partial charge in [0.15, 0.2) is 11.5 Å². The second kappa shape index (κ2) is 10.5. The first-order valence-corrected chi connectivity index (χ1v) is 10.5. The third-order valence-electron chi connectivity index (χ3n) is 4.08. The van der Waals surface area contributed by atoms with Crippen molar-refractivity contribution in [2.75, 3.05) is 33.1 Å². The van der Waals surface area contributed by atoms with Gasteiger partial charge in [0.05, 0.1) is 31.9 Å². The molecule has 0 saturated heterocycles. The monoisotopic (exact) mass is 448 g/mol. The summed E-state index contributed by atoms with van der Waals surface area (Å²) in [6.07, 6.45) is 1.37. The molecule has 0 aliphatic carbocycles. The van der Waals surface area contributed by atoms with Crippen LogP contribution in [0.1, 0.15) is 12.5 Å². The van der Waals surface area contributed by atoms with Gasteiger partial charge < -0.3 is 14.8 Å². The summed E-state index contributed by atoms with van der Waals surface area (Å²) >= 11 is 0. The SMILES string of the molecule is COc1cccc(/C=N\NC(=O)CN(C)S(=O)(=O)c2ccc(NC(C)=O)cc2)c1OC. The van der Waals surface area contributed by atoms with Gasteiger partial charge >= 0.3 is 0 Å². The van der Waals surface area contributed by atoms with Crippen LogP contribution in [-0.2, 0) is 19.6 Å². The fourth-order valence-corrected chi connectivity index (χ4v) is 3.73. The first kappa shape index (κ1) is 23.8. The quantitative estimate of drug-likeness (QED) is 0.441. The minimum absolute atomic E-state index is 0.0125. The van der Waals surface area contributed by atoms with E-state index in [1.807, 2.05) is 0 Å². The number of likely N-dealkylation sites (N-methyl/N-ethyl adjacent to an activating group) is 1. The van der Waals surface area contributed by atoms with E-state index in [0.717, 1.165) is 4.31 Å². The highest BCUT2D eigenvalue weighted by molar-refractivity contribution is 7.89. The second-order valence-corrected chi connectivity index (χ2v) is 8.39. The number of carbonyl (C=O) groups excluding carboxylic acids is 2. The average molecular weight is 449 g/mol. The third-order valence-corrected chi connectivity index (χ3v) is 5.89. The van der Waals surface area contributed by atoms with Gasteiger partial charge in [-0.05, 0) is 36.4 Å². The van der Waals surface area contributed by atoms with Crippen molar-refractivity contribution in [1.82, 2.24) is 9.73 Å². The van der Waals surface area contributed by atoms with Crippen molar-refractivity contribution in [3.8, 4) is 11.5 Å². The van der Waals surface area contributed by atoms with Crippen LogP contribution >= 0.6 is 0 Å². The molecular formula is C20H24N4O6S. The van der Waals surface area contributed by atoms with Gasteiger partial charge in [-0.25, -0.2) is 13.8 Å². The number of hydrogen-bond donors (Lipinski definition) is 2. The molecule has 10 nitrogen and oxygen atoms in total. The van der Waals surface area contributed by atoms with E-state index < -0.39 is 22.5 Å². The summed E-state index contributed by atoms with van der Waals surface area (Å²) < 4.78 is 36.6. The van der Waals surface area contributed by atoms with Crippen molar-refractivity contribution in [3.05, 3.63) is 48.0 Å². The molecule has 0 unspecified atom stereocenters. The number of anilines is 1. The van der Waals surface area contributed by atoms with Gasteiger partial charge in [0.25, 0.3) is 5.91 Å². The van der Waals surface area contributed by atoms with Crippen LogP contribution in [-0.4, -0.2) is 58.6 Å². The third kappa shape index (κ3) is 6.27. The molecule has 0 fully saturated rings. The zero-order valence-corrected chi connectivity index (χ0v) is 18.4. The molecule has 2 aromatic carbocycles. The lowest BCUT2D eigenvalue weighted by Crippen LogP contribution is -2.36. The Bertz CT molecular complexity index is 1070. The normalized spacial score (nSPS) is 11.4. The van der Waals surface area contributed by atoms with E-state index in [4.69, 9.17) is 9.47 Å². The number of para-hydroxylation sites is 1. The Morgan fingerprint density at radius 2 is 1.77 bits per heavy atom. The fourth-order valence-electron chi connectivity index (χ4n) is 2.60. The maximum atomic E-state index is 12.6. The molecule has 2 rings (SSSR count). The molecule has 0 heterocycles. The number of rotatable bonds is 9. The summed E-state index contributed by atoms with van der Waals surface area (Å²) in [5.41, 5.74) is 3.32. The van der Waals surface area contributed by atoms with Crippen molar-refractivity contribution in [3.63, 3.8) is 0 Å². The lowest BCUT2D eigenvalue weighted by molar-refractivity contribution is -0.121. The minimum atomic E-state index is -3.90. The van der Waals surface area contributed by atoms with Crippen LogP contribution in [0.4, 0.5) is 5.69 Å². The highest BCUT2D eigenvalue weighted by Gasteiger charge is 2.23. The van der Waals surface area contributed by atoms with Crippen molar-refractivity contribution in [1.29, 1.82) is 0 Å². The standard InChI is InChI=1S/C20H24N4O6S/c1-14(25)22-16-8-10-17(11-9-16)31(27,28)24(2)13-19(26)23-21-12-15-6-5-7-18(29-3)20(15)30-4/h5-12H,13H2,1-4H3,(H,22,25)(H,23,26)/b21-12-. The van der Waals surface area contributed by atoms with E-state index in [-0.39, 0.29) is 10.8 Å². The molecule has 0 aliphatic rings. The number of carbonyl (C=O) groups is 2. The number of hydrazone groups is 1. The molecule has 166 valence electrons. The molecule has 0 spiro atoms. The first-order chi connectivity index (χ1) is 14.7. The summed E-state index contributed by atoms with van der Waals surface area (Å²) in [5, 5.41) is 6.40. The molecule has 0 saturated carbocycles. The zero-order valence-electron chi connectivity index (χ0n) is 17.6. The van der Waals surface area contributed by atoms with Crippen molar-refractivity contribution >= 4 is 33.7 Å². The van der Waals surface area contributed by atoms with Crippen molar-refractivity contribution in [2.24, 2.45) is 5.10 Å². The minimum Gasteiger partial charge on any atom is -0.493 e. The largest absolute Gasteiger partial charge is 0.493 e. The molecule has 0 radical (unpaired) electrons. The molecule has 0 aromatic heterocycles. The zero-order chi connectivity index (χ0) is 23.0. The number of methoxy groups -OCH3 is 2. The summed E-state index contributed by atoms with van der Waals surface area (Å²) in [5.74, 6) is 0.0640. The smallest absolute Gasteiger partial charge is 0.255 e. The van der Waals surface area contributed by atoms with E-state index in [1.165, 1.54) is 58.7 Å². The molecule has 31 heavy (non-hydrogen) atoms. The predicted octanol–water partition coefficient (Wildman–Crippen LogP) is 1.43. The molecule has 2 N–H and O–H groups in total. The predicted molar refractivity (Wildman–Crippen MR) is 116 cm³/mol. The van der Waals surface area contributed by atoms with Gasteiger partial charge in [-0.2, -0.15) is 9.41 Å². The van der Waals surface area contributed by atoms with Crippen molar-refractivity contribution in [2.45, 2.75) is 11.8 Å². The average Bonchev–Trinajstić information content (AvgIpc) is 2.73. The summed E-state index contributed by atoms with van der Waals surface area (Å²) in [6.45, 7) is 0.909. The van der Waals surface area contributed by atoms with Crippen LogP contribution in [0, 0.1) is 0 Å². The summed E-state index contributed by atoms with van der Waals surface area (Å²) in [6, 6.07) is 10.8. The van der Waals surface area contributed by atoms with Crippen LogP contribution in [0.3, 0.4) is 0 Å². The molecule has 11 heteroatoms. The molecular weight excluding hydrogens is 424 g/mol. The van der Waals surface area contributed by atoms with Gasteiger partial charge in [-0.1, -0.05) is 6.07 Å². The Hall–Kier alpha value is -3.44. The van der Waals surface area contributed by atoms with E-state index in [1.54, 1.807) is 18.2 Å². The second-order valence-electron chi connectivity index (χ2n) is 6.34. The number of ether oxygens (including phenoxy) is 2. The van der Waals surface area contributed by atoms with Crippen LogP contribution < -0.4 is 20.2 Å². The lowest BCUT2D eigenvalue weighted by atomic mass is 10.2. The maximum Gasteiger partial charge on any atom is 0.255 e. The van der Waals surface area contributed by atoms with Crippen LogP contribution in [0.15, 0.2) is 52.5 Å². The van der Waals surface area contributed by atoms with E-state index in [9.17, 15) is 18.0 Å². The number of sulfonamides is 1. The van der Waals surface area contributed by atoms with E-state index in [2.05, 4.69) is 15.8 Å². The maximum absolute atomic E-state index is 12.6. The molecule has 2 aromatic rings. The lowest BCUT2D eigenvalue weighted by Gasteiger charge is -2.16. The molecule has 0 atom stereocenters. The summed E-state index contributed by atoms with van der Waals surface area (Å²) in [4.78, 5) is 23.2. The summed E-state index contributed by atoms with van der Waals surface area (Å²) in [7, 11) is 0.365. The topological polar surface area (TPSA) is 126 Å². The molecule has 0 aliphatic heterocycles. The molecule has 2 amide bonds. The highest BCUT2D eigenvalue weighted by Crippen LogP contribution is 2.29. The first-order valence-electron chi connectivity index (χ1n) is 9.06. The number of nitrogens with one attached hydrogen (secondary N) is 2. The fraction of sp³-hybridized carbons (Fsp3) is 0.250. The number of hydrogen-bond acceptors (Lipinski definition) is 7. The van der Waals surface area contributed by atoms with Gasteiger partial charge in [0.2, 0.25) is 15.9 Å². The van der Waals surface area contributed by atoms with Gasteiger partial charge in [0, 0.05) is 25.2 Å². The van der Waals surface area contributed by atoms with Gasteiger partial charge in [0.1, 0.15) is 0 Å². The van der Waals surface area contributed by atoms with Gasteiger partial charge in [-0.15, -0.1) is 0 Å². The van der Waals surface area contributed by atoms with E-state index >= 15 is 0 Å². The highest BCUT2D eigenvalue weighted by atomic mass is 32.2. The van der Waals surface area contributed by atoms with Gasteiger partial charge in [-0.3, -0.25) is 9.59 Å². The molecule has 0 bridgehead atoms. The number of benzene rings is 2. The Morgan fingerprint density at radius 1 is 1.10 bits per heavy atom. The van der Waals surface area contributed by atoms with Crippen LogP contribution in [0.5, 0.6) is 11.5 Å². The van der Waals surface area contributed by atoms with Crippen LogP contribution in [0.2, 0.25) is 0 Å². The number of nitrogens with zero attached hydrogens (tertiary/aromatic N) is 2. The Balaban J connectivity index is 2.02. The Kier molecular flexibility index (Phi) is 8.11. The number of amides is 2. The Morgan fingerprint density at radius 3 is 2.35 bits per heavy atom. The van der Waals surface area contributed by atoms with Crippen LogP contribution in [0.25, 0.3) is 0 Å². The van der Waals surface area contributed by atoms with E-state index in [0.29, 0.717) is 22.7 Å².